The summed E-state index contributed by atoms with van der Waals surface area (Å²) in [4.78, 5) is 26.7. The molecule has 2 amide bonds. The van der Waals surface area contributed by atoms with Gasteiger partial charge in [0.15, 0.2) is 0 Å². The molecule has 1 heterocycles. The zero-order chi connectivity index (χ0) is 12.0. The van der Waals surface area contributed by atoms with Crippen LogP contribution in [0.4, 0.5) is 0 Å². The highest BCUT2D eigenvalue weighted by atomic mass is 16.2. The van der Waals surface area contributed by atoms with Crippen molar-refractivity contribution >= 4 is 11.8 Å². The van der Waals surface area contributed by atoms with Crippen molar-refractivity contribution in [3.63, 3.8) is 0 Å². The molecular formula is C11H21N3O2. The number of rotatable bonds is 6. The molecule has 5 heteroatoms. The van der Waals surface area contributed by atoms with Crippen molar-refractivity contribution in [3.8, 4) is 0 Å². The first-order valence-electron chi connectivity index (χ1n) is 5.89. The molecule has 0 aromatic rings. The molecule has 0 spiro atoms. The number of nitrogens with one attached hydrogen (secondary N) is 1. The van der Waals surface area contributed by atoms with Crippen LogP contribution in [-0.2, 0) is 9.59 Å². The Bertz CT molecular complexity index is 256. The average molecular weight is 227 g/mol. The van der Waals surface area contributed by atoms with E-state index in [0.29, 0.717) is 13.1 Å². The molecule has 0 aromatic heterocycles. The minimum Gasteiger partial charge on any atom is -0.332 e. The third-order valence-electron chi connectivity index (χ3n) is 2.71. The first kappa shape index (κ1) is 13.0. The van der Waals surface area contributed by atoms with Crippen molar-refractivity contribution in [2.75, 3.05) is 39.8 Å². The fraction of sp³-hybridized carbons (Fsp3) is 0.818. The van der Waals surface area contributed by atoms with Crippen LogP contribution in [0.15, 0.2) is 0 Å². The summed E-state index contributed by atoms with van der Waals surface area (Å²) in [6.45, 7) is 4.75. The summed E-state index contributed by atoms with van der Waals surface area (Å²) in [6, 6.07) is 0. The number of hydrogen-bond donors (Lipinski definition) is 1. The minimum absolute atomic E-state index is 0.0733. The second-order valence-corrected chi connectivity index (χ2v) is 4.09. The maximum atomic E-state index is 11.7. The van der Waals surface area contributed by atoms with Crippen LogP contribution in [0.1, 0.15) is 19.8 Å². The van der Waals surface area contributed by atoms with Crippen molar-refractivity contribution in [2.45, 2.75) is 19.8 Å². The Kier molecular flexibility index (Phi) is 5.25. The van der Waals surface area contributed by atoms with E-state index < -0.39 is 0 Å². The van der Waals surface area contributed by atoms with E-state index in [1.54, 1.807) is 9.80 Å². The fourth-order valence-electron chi connectivity index (χ4n) is 1.83. The summed E-state index contributed by atoms with van der Waals surface area (Å²) in [5.41, 5.74) is 0. The van der Waals surface area contributed by atoms with Crippen molar-refractivity contribution in [2.24, 2.45) is 0 Å². The molecule has 1 rings (SSSR count). The quantitative estimate of drug-likeness (QED) is 0.633. The van der Waals surface area contributed by atoms with Crippen LogP contribution >= 0.6 is 0 Å². The largest absolute Gasteiger partial charge is 0.332 e. The van der Waals surface area contributed by atoms with E-state index in [-0.39, 0.29) is 24.9 Å². The maximum Gasteiger partial charge on any atom is 0.242 e. The fourth-order valence-corrected chi connectivity index (χ4v) is 1.83. The van der Waals surface area contributed by atoms with Crippen LogP contribution in [0.5, 0.6) is 0 Å². The maximum absolute atomic E-state index is 11.7. The highest BCUT2D eigenvalue weighted by molar-refractivity contribution is 5.92. The van der Waals surface area contributed by atoms with E-state index in [0.717, 1.165) is 19.4 Å². The van der Waals surface area contributed by atoms with Gasteiger partial charge < -0.3 is 15.1 Å². The van der Waals surface area contributed by atoms with E-state index in [1.165, 1.54) is 0 Å². The molecule has 1 saturated heterocycles. The molecule has 0 aromatic carbocycles. The Balaban J connectivity index is 2.40. The van der Waals surface area contributed by atoms with Crippen LogP contribution in [0.25, 0.3) is 0 Å². The van der Waals surface area contributed by atoms with Crippen LogP contribution in [0.2, 0.25) is 0 Å². The lowest BCUT2D eigenvalue weighted by molar-refractivity contribution is -0.150. The monoisotopic (exact) mass is 227 g/mol. The second kappa shape index (κ2) is 6.48. The Labute approximate surface area is 96.8 Å². The van der Waals surface area contributed by atoms with Gasteiger partial charge >= 0.3 is 0 Å². The number of amides is 2. The van der Waals surface area contributed by atoms with Crippen LogP contribution < -0.4 is 5.32 Å². The van der Waals surface area contributed by atoms with Gasteiger partial charge in [-0.1, -0.05) is 6.92 Å². The van der Waals surface area contributed by atoms with Crippen molar-refractivity contribution in [3.05, 3.63) is 0 Å². The van der Waals surface area contributed by atoms with E-state index in [1.807, 2.05) is 14.0 Å². The van der Waals surface area contributed by atoms with Gasteiger partial charge in [0.05, 0.1) is 13.1 Å². The third-order valence-corrected chi connectivity index (χ3v) is 2.71. The van der Waals surface area contributed by atoms with Crippen molar-refractivity contribution < 1.29 is 9.59 Å². The highest BCUT2D eigenvalue weighted by Gasteiger charge is 2.28. The molecule has 0 bridgehead atoms. The van der Waals surface area contributed by atoms with Gasteiger partial charge in [0.1, 0.15) is 0 Å². The molecule has 1 fully saturated rings. The molecule has 0 unspecified atom stereocenters. The topological polar surface area (TPSA) is 52.7 Å². The lowest BCUT2D eigenvalue weighted by Crippen LogP contribution is -2.54. The smallest absolute Gasteiger partial charge is 0.242 e. The molecule has 0 aliphatic carbocycles. The lowest BCUT2D eigenvalue weighted by atomic mass is 10.2. The average Bonchev–Trinajstić information content (AvgIpc) is 2.25. The van der Waals surface area contributed by atoms with Gasteiger partial charge in [0, 0.05) is 13.1 Å². The summed E-state index contributed by atoms with van der Waals surface area (Å²) in [5, 5.41) is 3.03. The van der Waals surface area contributed by atoms with Gasteiger partial charge in [-0.2, -0.15) is 0 Å². The Hall–Kier alpha value is -1.10. The molecule has 0 radical (unpaired) electrons. The number of carbonyl (C=O) groups is 2. The Morgan fingerprint density at radius 3 is 2.19 bits per heavy atom. The lowest BCUT2D eigenvalue weighted by Gasteiger charge is -2.33. The van der Waals surface area contributed by atoms with E-state index in [4.69, 9.17) is 0 Å². The number of hydrogen-bond acceptors (Lipinski definition) is 3. The predicted molar refractivity (Wildman–Crippen MR) is 62.0 cm³/mol. The third kappa shape index (κ3) is 3.48. The number of nitrogens with zero attached hydrogens (tertiary/aromatic N) is 2. The molecule has 1 aliphatic heterocycles. The van der Waals surface area contributed by atoms with Gasteiger partial charge in [-0.05, 0) is 26.4 Å². The van der Waals surface area contributed by atoms with Crippen LogP contribution in [-0.4, -0.2) is 61.4 Å². The van der Waals surface area contributed by atoms with Gasteiger partial charge in [0.2, 0.25) is 11.8 Å². The minimum atomic E-state index is 0.0733. The summed E-state index contributed by atoms with van der Waals surface area (Å²) in [6.07, 6.45) is 1.79. The standard InChI is InChI=1S/C11H21N3O2/c1-3-6-13-8-11(16)14(9-10(13)15)7-4-5-12-2/h12H,3-9H2,1-2H3. The molecule has 5 nitrogen and oxygen atoms in total. The molecule has 92 valence electrons. The number of piperazine rings is 1. The van der Waals surface area contributed by atoms with E-state index in [9.17, 15) is 9.59 Å². The summed E-state index contributed by atoms with van der Waals surface area (Å²) in [7, 11) is 1.88. The zero-order valence-electron chi connectivity index (χ0n) is 10.2. The van der Waals surface area contributed by atoms with Gasteiger partial charge in [-0.3, -0.25) is 9.59 Å². The molecule has 0 saturated carbocycles. The van der Waals surface area contributed by atoms with Crippen molar-refractivity contribution in [1.82, 2.24) is 15.1 Å². The summed E-state index contributed by atoms with van der Waals surface area (Å²) >= 11 is 0. The van der Waals surface area contributed by atoms with Gasteiger partial charge in [0.25, 0.3) is 0 Å². The Morgan fingerprint density at radius 2 is 1.69 bits per heavy atom. The second-order valence-electron chi connectivity index (χ2n) is 4.09. The molecule has 1 N–H and O–H groups in total. The Morgan fingerprint density at radius 1 is 1.12 bits per heavy atom. The normalized spacial score (nSPS) is 17.1. The summed E-state index contributed by atoms with van der Waals surface area (Å²) in [5.74, 6) is 0.148. The number of carbonyl (C=O) groups excluding carboxylic acids is 2. The predicted octanol–water partition coefficient (Wildman–Crippen LogP) is -0.323. The first-order chi connectivity index (χ1) is 7.69. The van der Waals surface area contributed by atoms with Crippen LogP contribution in [0, 0.1) is 0 Å². The van der Waals surface area contributed by atoms with E-state index in [2.05, 4.69) is 5.32 Å². The van der Waals surface area contributed by atoms with Crippen molar-refractivity contribution in [1.29, 1.82) is 0 Å². The molecular weight excluding hydrogens is 206 g/mol. The van der Waals surface area contributed by atoms with E-state index >= 15 is 0 Å². The summed E-state index contributed by atoms with van der Waals surface area (Å²) < 4.78 is 0. The van der Waals surface area contributed by atoms with Crippen LogP contribution in [0.3, 0.4) is 0 Å². The molecule has 16 heavy (non-hydrogen) atoms. The molecule has 1 aliphatic rings. The SMILES string of the molecule is CCCN1CC(=O)N(CCCNC)CC1=O. The highest BCUT2D eigenvalue weighted by Crippen LogP contribution is 2.06. The molecule has 0 atom stereocenters. The first-order valence-corrected chi connectivity index (χ1v) is 5.89. The zero-order valence-corrected chi connectivity index (χ0v) is 10.2. The van der Waals surface area contributed by atoms with Gasteiger partial charge in [-0.15, -0.1) is 0 Å². The van der Waals surface area contributed by atoms with Gasteiger partial charge in [-0.25, -0.2) is 0 Å².